The molecule has 2 rings (SSSR count). The highest BCUT2D eigenvalue weighted by Gasteiger charge is 2.23. The molecule has 0 atom stereocenters. The Morgan fingerprint density at radius 1 is 1.26 bits per heavy atom. The summed E-state index contributed by atoms with van der Waals surface area (Å²) >= 11 is 6.21. The Balaban J connectivity index is 2.08. The second-order valence-corrected chi connectivity index (χ2v) is 7.56. The van der Waals surface area contributed by atoms with Crippen molar-refractivity contribution < 1.29 is 14.3 Å². The van der Waals surface area contributed by atoms with Gasteiger partial charge in [-0.2, -0.15) is 5.10 Å². The van der Waals surface area contributed by atoms with Crippen LogP contribution in [-0.4, -0.2) is 33.8 Å². The van der Waals surface area contributed by atoms with Crippen LogP contribution in [0.1, 0.15) is 54.5 Å². The molecule has 1 aromatic carbocycles. The summed E-state index contributed by atoms with van der Waals surface area (Å²) in [5.74, 6) is -0.881. The molecule has 0 saturated heterocycles. The Morgan fingerprint density at radius 3 is 2.56 bits per heavy atom. The average Bonchev–Trinajstić information content (AvgIpc) is 2.88. The molecule has 0 saturated carbocycles. The first-order valence-electron chi connectivity index (χ1n) is 8.90. The molecule has 1 aromatic heterocycles. The molecule has 0 radical (unpaired) electrons. The number of aromatic nitrogens is 2. The molecule has 0 aliphatic heterocycles. The van der Waals surface area contributed by atoms with Crippen LogP contribution in [0.2, 0.25) is 5.02 Å². The summed E-state index contributed by atoms with van der Waals surface area (Å²) in [6.45, 7) is 9.48. The van der Waals surface area contributed by atoms with Crippen molar-refractivity contribution in [1.29, 1.82) is 0 Å². The fourth-order valence-electron chi connectivity index (χ4n) is 2.64. The molecule has 0 spiro atoms. The van der Waals surface area contributed by atoms with E-state index in [1.807, 2.05) is 45.0 Å². The molecule has 27 heavy (non-hydrogen) atoms. The van der Waals surface area contributed by atoms with Crippen LogP contribution >= 0.6 is 11.6 Å². The highest BCUT2D eigenvalue weighted by atomic mass is 35.5. The largest absolute Gasteiger partial charge is 0.452 e. The maximum atomic E-state index is 12.5. The number of carbonyl (C=O) groups is 2. The Morgan fingerprint density at radius 2 is 1.93 bits per heavy atom. The van der Waals surface area contributed by atoms with Crippen molar-refractivity contribution in [2.24, 2.45) is 0 Å². The van der Waals surface area contributed by atoms with Gasteiger partial charge >= 0.3 is 5.97 Å². The Kier molecular flexibility index (Phi) is 6.65. The standard InChI is InChI=1S/C20H26ClN3O3/c1-6-20(4,5)22-17(25)12-27-19(26)18-13(2)23-24(14(18)3)11-15-9-7-8-10-16(15)21/h7-10H,6,11-12H2,1-5H3,(H,22,25). The van der Waals surface area contributed by atoms with Crippen LogP contribution in [0, 0.1) is 13.8 Å². The monoisotopic (exact) mass is 391 g/mol. The number of halogens is 1. The number of amides is 1. The minimum absolute atomic E-state index is 0.323. The minimum Gasteiger partial charge on any atom is -0.452 e. The van der Waals surface area contributed by atoms with E-state index in [9.17, 15) is 9.59 Å². The van der Waals surface area contributed by atoms with Gasteiger partial charge in [0.05, 0.1) is 17.9 Å². The number of carbonyl (C=O) groups excluding carboxylic acids is 2. The second-order valence-electron chi connectivity index (χ2n) is 7.16. The van der Waals surface area contributed by atoms with Gasteiger partial charge in [-0.1, -0.05) is 36.7 Å². The molecule has 146 valence electrons. The maximum Gasteiger partial charge on any atom is 0.342 e. The fourth-order valence-corrected chi connectivity index (χ4v) is 2.83. The van der Waals surface area contributed by atoms with Crippen LogP contribution in [0.4, 0.5) is 0 Å². The highest BCUT2D eigenvalue weighted by molar-refractivity contribution is 6.31. The molecule has 0 bridgehead atoms. The maximum absolute atomic E-state index is 12.5. The zero-order chi connectivity index (χ0) is 20.2. The van der Waals surface area contributed by atoms with E-state index in [1.54, 1.807) is 18.5 Å². The molecule has 0 aliphatic carbocycles. The van der Waals surface area contributed by atoms with Crippen molar-refractivity contribution in [3.05, 3.63) is 51.8 Å². The van der Waals surface area contributed by atoms with Gasteiger partial charge in [0, 0.05) is 10.6 Å². The zero-order valence-electron chi connectivity index (χ0n) is 16.4. The van der Waals surface area contributed by atoms with Crippen LogP contribution < -0.4 is 5.32 Å². The molecule has 0 fully saturated rings. The van der Waals surface area contributed by atoms with E-state index < -0.39 is 5.97 Å². The first kappa shape index (κ1) is 21.0. The van der Waals surface area contributed by atoms with Crippen molar-refractivity contribution in [2.45, 2.75) is 53.1 Å². The van der Waals surface area contributed by atoms with Gasteiger partial charge in [-0.15, -0.1) is 0 Å². The molecular weight excluding hydrogens is 366 g/mol. The van der Waals surface area contributed by atoms with Crippen LogP contribution in [0.25, 0.3) is 0 Å². The summed E-state index contributed by atoms with van der Waals surface area (Å²) in [6, 6.07) is 7.49. The Hall–Kier alpha value is -2.34. The lowest BCUT2D eigenvalue weighted by atomic mass is 10.0. The van der Waals surface area contributed by atoms with E-state index in [0.717, 1.165) is 12.0 Å². The van der Waals surface area contributed by atoms with Gasteiger partial charge in [0.25, 0.3) is 5.91 Å². The predicted octanol–water partition coefficient (Wildman–Crippen LogP) is 3.66. The van der Waals surface area contributed by atoms with Crippen LogP contribution in [0.5, 0.6) is 0 Å². The molecule has 1 heterocycles. The van der Waals surface area contributed by atoms with Crippen LogP contribution in [0.15, 0.2) is 24.3 Å². The lowest BCUT2D eigenvalue weighted by molar-refractivity contribution is -0.125. The number of hydrogen-bond donors (Lipinski definition) is 1. The number of ether oxygens (including phenoxy) is 1. The van der Waals surface area contributed by atoms with E-state index in [0.29, 0.717) is 28.5 Å². The molecule has 2 aromatic rings. The van der Waals surface area contributed by atoms with E-state index in [1.165, 1.54) is 0 Å². The van der Waals surface area contributed by atoms with Gasteiger partial charge in [0.1, 0.15) is 5.56 Å². The number of aryl methyl sites for hydroxylation is 1. The van der Waals surface area contributed by atoms with Crippen molar-refractivity contribution in [3.8, 4) is 0 Å². The third-order valence-electron chi connectivity index (χ3n) is 4.56. The SMILES string of the molecule is CCC(C)(C)NC(=O)COC(=O)c1c(C)nn(Cc2ccccc2Cl)c1C. The number of benzene rings is 1. The molecule has 0 aliphatic rings. The highest BCUT2D eigenvalue weighted by Crippen LogP contribution is 2.20. The number of nitrogens with zero attached hydrogens (tertiary/aromatic N) is 2. The number of nitrogens with one attached hydrogen (secondary N) is 1. The lowest BCUT2D eigenvalue weighted by Gasteiger charge is -2.24. The van der Waals surface area contributed by atoms with Crippen molar-refractivity contribution >= 4 is 23.5 Å². The van der Waals surface area contributed by atoms with Gasteiger partial charge in [0.2, 0.25) is 0 Å². The summed E-state index contributed by atoms with van der Waals surface area (Å²) in [6.07, 6.45) is 0.777. The van der Waals surface area contributed by atoms with Gasteiger partial charge in [-0.3, -0.25) is 9.48 Å². The summed E-state index contributed by atoms with van der Waals surface area (Å²) in [5, 5.41) is 7.90. The van der Waals surface area contributed by atoms with E-state index >= 15 is 0 Å². The minimum atomic E-state index is -0.556. The van der Waals surface area contributed by atoms with Crippen molar-refractivity contribution in [3.63, 3.8) is 0 Å². The first-order chi connectivity index (χ1) is 12.6. The summed E-state index contributed by atoms with van der Waals surface area (Å²) < 4.78 is 6.91. The van der Waals surface area contributed by atoms with Crippen molar-refractivity contribution in [2.75, 3.05) is 6.61 Å². The molecule has 1 amide bonds. The molecule has 0 unspecified atom stereocenters. The Labute approximate surface area is 164 Å². The molecule has 6 nitrogen and oxygen atoms in total. The number of esters is 1. The fraction of sp³-hybridized carbons (Fsp3) is 0.450. The van der Waals surface area contributed by atoms with Gasteiger partial charge in [-0.05, 0) is 45.7 Å². The smallest absolute Gasteiger partial charge is 0.342 e. The van der Waals surface area contributed by atoms with Gasteiger partial charge in [-0.25, -0.2) is 4.79 Å². The van der Waals surface area contributed by atoms with E-state index in [2.05, 4.69) is 10.4 Å². The summed E-state index contributed by atoms with van der Waals surface area (Å²) in [4.78, 5) is 24.5. The number of rotatable bonds is 7. The predicted molar refractivity (Wildman–Crippen MR) is 105 cm³/mol. The zero-order valence-corrected chi connectivity index (χ0v) is 17.2. The second kappa shape index (κ2) is 8.57. The van der Waals surface area contributed by atoms with Crippen LogP contribution in [0.3, 0.4) is 0 Å². The molecule has 1 N–H and O–H groups in total. The quantitative estimate of drug-likeness (QED) is 0.731. The van der Waals surface area contributed by atoms with E-state index in [-0.39, 0.29) is 18.1 Å². The Bertz CT molecular complexity index is 843. The summed E-state index contributed by atoms with van der Waals surface area (Å²) in [7, 11) is 0. The lowest BCUT2D eigenvalue weighted by Crippen LogP contribution is -2.44. The number of hydrogen-bond acceptors (Lipinski definition) is 4. The first-order valence-corrected chi connectivity index (χ1v) is 9.28. The van der Waals surface area contributed by atoms with Gasteiger partial charge in [0.15, 0.2) is 6.61 Å². The van der Waals surface area contributed by atoms with Crippen molar-refractivity contribution in [1.82, 2.24) is 15.1 Å². The molecule has 7 heteroatoms. The van der Waals surface area contributed by atoms with Crippen LogP contribution in [-0.2, 0) is 16.1 Å². The summed E-state index contributed by atoms with van der Waals surface area (Å²) in [5.41, 5.74) is 2.18. The molecular formula is C20H26ClN3O3. The van der Waals surface area contributed by atoms with E-state index in [4.69, 9.17) is 16.3 Å². The third kappa shape index (κ3) is 5.32. The third-order valence-corrected chi connectivity index (χ3v) is 4.93. The normalized spacial score (nSPS) is 11.3. The topological polar surface area (TPSA) is 73.2 Å². The average molecular weight is 392 g/mol. The van der Waals surface area contributed by atoms with Gasteiger partial charge < -0.3 is 10.1 Å².